The van der Waals surface area contributed by atoms with Gasteiger partial charge < -0.3 is 10.5 Å². The van der Waals surface area contributed by atoms with Gasteiger partial charge >= 0.3 is 5.88 Å². The molecule has 158 valence electrons. The van der Waals surface area contributed by atoms with Crippen molar-refractivity contribution >= 4 is 39.0 Å². The molecule has 0 bridgehead atoms. The Balaban J connectivity index is 1.42. The summed E-state index contributed by atoms with van der Waals surface area (Å²) >= 11 is 1.22. The zero-order chi connectivity index (χ0) is 22.1. The molecule has 0 saturated carbocycles. The van der Waals surface area contributed by atoms with E-state index in [0.29, 0.717) is 15.4 Å². The molecule has 0 radical (unpaired) electrons. The molecule has 5 aromatic rings. The fourth-order valence-corrected chi connectivity index (χ4v) is 4.27. The van der Waals surface area contributed by atoms with Crippen LogP contribution in [0.3, 0.4) is 0 Å². The molecule has 0 saturated heterocycles. The topological polar surface area (TPSA) is 107 Å². The first-order valence-electron chi connectivity index (χ1n) is 9.71. The highest BCUT2D eigenvalue weighted by Crippen LogP contribution is 2.35. The lowest BCUT2D eigenvalue weighted by molar-refractivity contribution is -0.670. The number of ether oxygens (including phenoxy) is 1. The molecule has 0 fully saturated rings. The number of nitrogens with two attached hydrogens (primary N) is 1. The molecule has 3 heterocycles. The maximum Gasteiger partial charge on any atom is 0.303 e. The molecule has 0 aliphatic heterocycles. The number of fused-ring (bicyclic) bond motifs is 1. The van der Waals surface area contributed by atoms with Crippen LogP contribution in [0.4, 0.5) is 11.6 Å². The van der Waals surface area contributed by atoms with Gasteiger partial charge in [-0.25, -0.2) is 4.98 Å². The van der Waals surface area contributed by atoms with Crippen LogP contribution >= 0.6 is 11.3 Å². The van der Waals surface area contributed by atoms with Crippen molar-refractivity contribution in [3.05, 3.63) is 77.8 Å². The molecular weight excluding hydrogens is 426 g/mol. The molecular formula is C23H18N5O3S+. The number of rotatable bonds is 5. The summed E-state index contributed by atoms with van der Waals surface area (Å²) in [4.78, 5) is 18.6. The third-order valence-corrected chi connectivity index (χ3v) is 6.00. The van der Waals surface area contributed by atoms with Gasteiger partial charge in [0.05, 0.1) is 18.5 Å². The Morgan fingerprint density at radius 1 is 1.12 bits per heavy atom. The van der Waals surface area contributed by atoms with E-state index in [0.717, 1.165) is 28.1 Å². The number of anilines is 2. The molecule has 0 aliphatic rings. The number of amides is 1. The minimum absolute atomic E-state index is 0.209. The number of nitrogens with zero attached hydrogens (tertiary/aromatic N) is 3. The van der Waals surface area contributed by atoms with E-state index in [1.165, 1.54) is 16.0 Å². The highest BCUT2D eigenvalue weighted by molar-refractivity contribution is 7.21. The number of benzene rings is 2. The minimum atomic E-state index is -0.384. The normalized spacial score (nSPS) is 10.9. The van der Waals surface area contributed by atoms with Crippen molar-refractivity contribution in [3.63, 3.8) is 0 Å². The predicted molar refractivity (Wildman–Crippen MR) is 122 cm³/mol. The molecule has 5 rings (SSSR count). The average Bonchev–Trinajstić information content (AvgIpc) is 3.44. The number of carbonyl (C=O) groups is 1. The van der Waals surface area contributed by atoms with Gasteiger partial charge in [-0.05, 0) is 28.9 Å². The van der Waals surface area contributed by atoms with E-state index in [4.69, 9.17) is 20.0 Å². The number of nitrogen functional groups attached to an aromatic ring is 1. The van der Waals surface area contributed by atoms with Gasteiger partial charge in [0.25, 0.3) is 12.1 Å². The number of pyridine rings is 1. The molecule has 1 amide bonds. The molecule has 8 nitrogen and oxygen atoms in total. The lowest BCUT2D eigenvalue weighted by Gasteiger charge is -2.04. The predicted octanol–water partition coefficient (Wildman–Crippen LogP) is 4.07. The number of methoxy groups -OCH3 is 1. The van der Waals surface area contributed by atoms with Crippen LogP contribution in [0, 0.1) is 0 Å². The SMILES string of the molecule is COc1cccc(-c2ccc3c(N)c(C(=O)Nc4c[n+](-c5ccccc5)no4)sc3n2)c1. The van der Waals surface area contributed by atoms with Crippen molar-refractivity contribution in [2.24, 2.45) is 0 Å². The number of aromatic nitrogens is 3. The summed E-state index contributed by atoms with van der Waals surface area (Å²) in [7, 11) is 1.62. The van der Waals surface area contributed by atoms with E-state index in [1.807, 2.05) is 66.7 Å². The summed E-state index contributed by atoms with van der Waals surface area (Å²) in [5, 5.41) is 7.37. The maximum atomic E-state index is 12.9. The van der Waals surface area contributed by atoms with Crippen LogP contribution in [-0.4, -0.2) is 23.3 Å². The Bertz CT molecular complexity index is 1430. The lowest BCUT2D eigenvalue weighted by Crippen LogP contribution is -2.31. The molecule has 0 unspecified atom stereocenters. The maximum absolute atomic E-state index is 12.9. The van der Waals surface area contributed by atoms with Crippen molar-refractivity contribution in [1.29, 1.82) is 0 Å². The van der Waals surface area contributed by atoms with E-state index >= 15 is 0 Å². The van der Waals surface area contributed by atoms with E-state index in [9.17, 15) is 4.79 Å². The quantitative estimate of drug-likeness (QED) is 0.396. The minimum Gasteiger partial charge on any atom is -0.497 e. The summed E-state index contributed by atoms with van der Waals surface area (Å²) in [6, 6.07) is 20.8. The zero-order valence-electron chi connectivity index (χ0n) is 17.0. The summed E-state index contributed by atoms with van der Waals surface area (Å²) in [6.45, 7) is 0. The van der Waals surface area contributed by atoms with Gasteiger partial charge in [-0.15, -0.1) is 11.3 Å². The monoisotopic (exact) mass is 444 g/mol. The van der Waals surface area contributed by atoms with Crippen molar-refractivity contribution in [3.8, 4) is 22.7 Å². The average molecular weight is 444 g/mol. The molecule has 2 aromatic carbocycles. The van der Waals surface area contributed by atoms with Gasteiger partial charge in [0.15, 0.2) is 0 Å². The van der Waals surface area contributed by atoms with Gasteiger partial charge in [-0.1, -0.05) is 30.3 Å². The number of hydrogen-bond acceptors (Lipinski definition) is 7. The van der Waals surface area contributed by atoms with Crippen molar-refractivity contribution in [2.75, 3.05) is 18.2 Å². The van der Waals surface area contributed by atoms with Gasteiger partial charge in [-0.3, -0.25) is 14.6 Å². The summed E-state index contributed by atoms with van der Waals surface area (Å²) in [6.07, 6.45) is 1.59. The third-order valence-electron chi connectivity index (χ3n) is 4.89. The summed E-state index contributed by atoms with van der Waals surface area (Å²) < 4.78 is 12.1. The van der Waals surface area contributed by atoms with E-state index < -0.39 is 0 Å². The summed E-state index contributed by atoms with van der Waals surface area (Å²) in [5.41, 5.74) is 9.13. The molecule has 0 aliphatic carbocycles. The first kappa shape index (κ1) is 19.7. The Hall–Kier alpha value is -4.24. The zero-order valence-corrected chi connectivity index (χ0v) is 17.8. The van der Waals surface area contributed by atoms with Crippen molar-refractivity contribution in [1.82, 2.24) is 10.3 Å². The number of para-hydroxylation sites is 1. The molecule has 3 aromatic heterocycles. The van der Waals surface area contributed by atoms with Crippen LogP contribution in [0.15, 0.2) is 77.4 Å². The molecule has 0 atom stereocenters. The lowest BCUT2D eigenvalue weighted by atomic mass is 10.1. The van der Waals surface area contributed by atoms with Crippen molar-refractivity contribution in [2.45, 2.75) is 0 Å². The largest absolute Gasteiger partial charge is 0.497 e. The number of hydrogen-bond donors (Lipinski definition) is 2. The van der Waals surface area contributed by atoms with Crippen LogP contribution < -0.4 is 20.5 Å². The second-order valence-corrected chi connectivity index (χ2v) is 7.93. The van der Waals surface area contributed by atoms with E-state index in [1.54, 1.807) is 13.3 Å². The molecule has 3 N–H and O–H groups in total. The number of carbonyl (C=O) groups excluding carboxylic acids is 1. The third kappa shape index (κ3) is 3.65. The van der Waals surface area contributed by atoms with Gasteiger partial charge in [0, 0.05) is 23.1 Å². The smallest absolute Gasteiger partial charge is 0.303 e. The highest BCUT2D eigenvalue weighted by atomic mass is 32.1. The van der Waals surface area contributed by atoms with Crippen LogP contribution in [0.1, 0.15) is 9.67 Å². The second kappa shape index (κ2) is 8.12. The van der Waals surface area contributed by atoms with Crippen LogP contribution in [0.2, 0.25) is 0 Å². The number of thiophene rings is 1. The Labute approximate surface area is 186 Å². The van der Waals surface area contributed by atoms with Gasteiger partial charge in [-0.2, -0.15) is 0 Å². The first-order valence-corrected chi connectivity index (χ1v) is 10.5. The highest BCUT2D eigenvalue weighted by Gasteiger charge is 2.22. The molecule has 32 heavy (non-hydrogen) atoms. The second-order valence-electron chi connectivity index (χ2n) is 6.93. The van der Waals surface area contributed by atoms with Gasteiger partial charge in [0.1, 0.15) is 15.5 Å². The summed E-state index contributed by atoms with van der Waals surface area (Å²) in [5.74, 6) is 0.570. The van der Waals surface area contributed by atoms with Crippen molar-refractivity contribution < 1.29 is 18.7 Å². The molecule has 9 heteroatoms. The number of nitrogens with one attached hydrogen (secondary N) is 1. The Morgan fingerprint density at radius 3 is 2.78 bits per heavy atom. The Morgan fingerprint density at radius 2 is 1.97 bits per heavy atom. The molecule has 0 spiro atoms. The first-order chi connectivity index (χ1) is 15.6. The fourth-order valence-electron chi connectivity index (χ4n) is 3.28. The fraction of sp³-hybridized carbons (Fsp3) is 0.0435. The standard InChI is InChI=1S/C23H17N5O3S/c1-30-16-9-5-6-14(12-16)18-11-10-17-20(24)21(32-23(17)25-18)22(29)26-19-13-28(27-31-19)15-7-3-2-4-8-15/h2-13H,1H3,(H2-,24,26,27,29)/p+1. The van der Waals surface area contributed by atoms with Crippen LogP contribution in [0.25, 0.3) is 27.2 Å². The Kier molecular flexibility index (Phi) is 5.00. The van der Waals surface area contributed by atoms with Gasteiger partial charge in [0.2, 0.25) is 11.0 Å². The van der Waals surface area contributed by atoms with E-state index in [-0.39, 0.29) is 11.8 Å². The van der Waals surface area contributed by atoms with E-state index in [2.05, 4.69) is 10.6 Å². The van der Waals surface area contributed by atoms with Crippen LogP contribution in [0.5, 0.6) is 5.75 Å². The van der Waals surface area contributed by atoms with Crippen LogP contribution in [-0.2, 0) is 0 Å².